The fraction of sp³-hybridized carbons (Fsp3) is 0.600. The zero-order valence-corrected chi connectivity index (χ0v) is 15.5. The number of benzene rings is 1. The summed E-state index contributed by atoms with van der Waals surface area (Å²) in [7, 11) is 0. The van der Waals surface area contributed by atoms with Crippen molar-refractivity contribution in [2.24, 2.45) is 11.7 Å². The fourth-order valence-corrected chi connectivity index (χ4v) is 3.95. The third-order valence-electron chi connectivity index (χ3n) is 5.28. The number of carbonyl (C=O) groups is 2. The minimum Gasteiger partial charge on any atom is -0.490 e. The van der Waals surface area contributed by atoms with E-state index in [1.165, 1.54) is 5.56 Å². The molecule has 2 fully saturated rings. The fourth-order valence-electron chi connectivity index (χ4n) is 3.95. The molecule has 0 aromatic heterocycles. The number of ether oxygens (including phenoxy) is 1. The monoisotopic (exact) mass is 359 g/mol. The molecule has 0 spiro atoms. The highest BCUT2D eigenvalue weighted by Crippen LogP contribution is 2.23. The van der Waals surface area contributed by atoms with Crippen molar-refractivity contribution in [2.45, 2.75) is 38.7 Å². The Morgan fingerprint density at radius 1 is 1.19 bits per heavy atom. The van der Waals surface area contributed by atoms with Gasteiger partial charge in [-0.1, -0.05) is 12.1 Å². The van der Waals surface area contributed by atoms with Gasteiger partial charge in [0, 0.05) is 32.5 Å². The van der Waals surface area contributed by atoms with Gasteiger partial charge in [0.2, 0.25) is 11.8 Å². The molecule has 1 aromatic carbocycles. The maximum atomic E-state index is 12.8. The second kappa shape index (κ2) is 8.54. The van der Waals surface area contributed by atoms with Gasteiger partial charge in [-0.05, 0) is 44.0 Å². The van der Waals surface area contributed by atoms with Crippen LogP contribution in [0.5, 0.6) is 5.75 Å². The molecule has 26 heavy (non-hydrogen) atoms. The highest BCUT2D eigenvalue weighted by atomic mass is 16.5. The first kappa shape index (κ1) is 18.7. The van der Waals surface area contributed by atoms with Crippen molar-refractivity contribution in [3.8, 4) is 5.75 Å². The number of amides is 2. The lowest BCUT2D eigenvalue weighted by Gasteiger charge is -2.37. The number of rotatable bonds is 5. The van der Waals surface area contributed by atoms with E-state index in [-0.39, 0.29) is 30.4 Å². The highest BCUT2D eigenvalue weighted by molar-refractivity contribution is 5.80. The van der Waals surface area contributed by atoms with Gasteiger partial charge in [0.25, 0.3) is 0 Å². The summed E-state index contributed by atoms with van der Waals surface area (Å²) in [4.78, 5) is 27.9. The van der Waals surface area contributed by atoms with Crippen LogP contribution in [0, 0.1) is 12.8 Å². The van der Waals surface area contributed by atoms with Crippen LogP contribution in [-0.4, -0.2) is 60.4 Å². The molecule has 6 heteroatoms. The van der Waals surface area contributed by atoms with Crippen molar-refractivity contribution in [3.05, 3.63) is 29.8 Å². The Kier molecular flexibility index (Phi) is 6.14. The third-order valence-corrected chi connectivity index (χ3v) is 5.28. The number of nitrogens with two attached hydrogens (primary N) is 1. The van der Waals surface area contributed by atoms with Crippen LogP contribution < -0.4 is 10.5 Å². The van der Waals surface area contributed by atoms with Crippen LogP contribution >= 0.6 is 0 Å². The zero-order chi connectivity index (χ0) is 18.5. The van der Waals surface area contributed by atoms with Crippen molar-refractivity contribution >= 4 is 11.8 Å². The molecule has 0 saturated carbocycles. The number of piperidine rings is 2. The molecular formula is C20H29N3O3. The standard InChI is InChI=1S/C20H29N3O3/c1-15-4-2-6-18(12-15)26-17-7-10-23(11-8-17)20(25)16-5-3-9-22(13-16)14-19(21)24/h2,4,6,12,16-17H,3,5,7-11,13-14H2,1H3,(H2,21,24). The van der Waals surface area contributed by atoms with Gasteiger partial charge in [-0.15, -0.1) is 0 Å². The van der Waals surface area contributed by atoms with Crippen molar-refractivity contribution in [1.29, 1.82) is 0 Å². The average Bonchev–Trinajstić information content (AvgIpc) is 2.61. The van der Waals surface area contributed by atoms with Gasteiger partial charge in [-0.3, -0.25) is 14.5 Å². The van der Waals surface area contributed by atoms with E-state index in [9.17, 15) is 9.59 Å². The van der Waals surface area contributed by atoms with Gasteiger partial charge >= 0.3 is 0 Å². The second-order valence-corrected chi connectivity index (χ2v) is 7.50. The Labute approximate surface area is 155 Å². The summed E-state index contributed by atoms with van der Waals surface area (Å²) >= 11 is 0. The van der Waals surface area contributed by atoms with E-state index in [0.29, 0.717) is 6.54 Å². The predicted octanol–water partition coefficient (Wildman–Crippen LogP) is 1.56. The molecule has 0 radical (unpaired) electrons. The lowest BCUT2D eigenvalue weighted by molar-refractivity contribution is -0.139. The molecule has 0 bridgehead atoms. The lowest BCUT2D eigenvalue weighted by atomic mass is 9.95. The molecule has 6 nitrogen and oxygen atoms in total. The minimum absolute atomic E-state index is 0.0164. The molecule has 2 saturated heterocycles. The summed E-state index contributed by atoms with van der Waals surface area (Å²) in [6.07, 6.45) is 3.72. The Bertz CT molecular complexity index is 641. The Hall–Kier alpha value is -2.08. The number of hydrogen-bond acceptors (Lipinski definition) is 4. The van der Waals surface area contributed by atoms with Crippen molar-refractivity contribution in [3.63, 3.8) is 0 Å². The van der Waals surface area contributed by atoms with Crippen LogP contribution in [-0.2, 0) is 9.59 Å². The minimum atomic E-state index is -0.327. The molecule has 2 heterocycles. The lowest BCUT2D eigenvalue weighted by Crippen LogP contribution is -2.49. The summed E-state index contributed by atoms with van der Waals surface area (Å²) in [5.74, 6) is 0.780. The van der Waals surface area contributed by atoms with Crippen LogP contribution in [0.1, 0.15) is 31.2 Å². The molecule has 142 valence electrons. The molecule has 1 aromatic rings. The predicted molar refractivity (Wildman–Crippen MR) is 99.8 cm³/mol. The number of aryl methyl sites for hydroxylation is 1. The van der Waals surface area contributed by atoms with Gasteiger partial charge in [0.1, 0.15) is 11.9 Å². The van der Waals surface area contributed by atoms with E-state index >= 15 is 0 Å². The number of likely N-dealkylation sites (tertiary alicyclic amines) is 2. The first-order valence-electron chi connectivity index (χ1n) is 9.54. The maximum Gasteiger partial charge on any atom is 0.231 e. The summed E-state index contributed by atoms with van der Waals surface area (Å²) in [5, 5.41) is 0. The normalized spacial score (nSPS) is 22.2. The average molecular weight is 359 g/mol. The van der Waals surface area contributed by atoms with Crippen molar-refractivity contribution in [2.75, 3.05) is 32.7 Å². The Morgan fingerprint density at radius 2 is 1.96 bits per heavy atom. The van der Waals surface area contributed by atoms with Gasteiger partial charge < -0.3 is 15.4 Å². The summed E-state index contributed by atoms with van der Waals surface area (Å²) in [5.41, 5.74) is 6.47. The van der Waals surface area contributed by atoms with E-state index < -0.39 is 0 Å². The van der Waals surface area contributed by atoms with E-state index in [1.807, 2.05) is 28.0 Å². The summed E-state index contributed by atoms with van der Waals surface area (Å²) in [6.45, 7) is 5.26. The maximum absolute atomic E-state index is 12.8. The van der Waals surface area contributed by atoms with Gasteiger partial charge in [-0.2, -0.15) is 0 Å². The van der Waals surface area contributed by atoms with Gasteiger partial charge in [0.15, 0.2) is 0 Å². The molecule has 1 unspecified atom stereocenters. The zero-order valence-electron chi connectivity index (χ0n) is 15.5. The second-order valence-electron chi connectivity index (χ2n) is 7.50. The molecule has 0 aliphatic carbocycles. The van der Waals surface area contributed by atoms with Gasteiger partial charge in [0.05, 0.1) is 12.5 Å². The quantitative estimate of drug-likeness (QED) is 0.866. The SMILES string of the molecule is Cc1cccc(OC2CCN(C(=O)C3CCCN(CC(N)=O)C3)CC2)c1. The Morgan fingerprint density at radius 3 is 2.65 bits per heavy atom. The number of nitrogens with zero attached hydrogens (tertiary/aromatic N) is 2. The first-order chi connectivity index (χ1) is 12.5. The van der Waals surface area contributed by atoms with E-state index in [4.69, 9.17) is 10.5 Å². The van der Waals surface area contributed by atoms with Gasteiger partial charge in [-0.25, -0.2) is 0 Å². The molecule has 1 atom stereocenters. The smallest absolute Gasteiger partial charge is 0.231 e. The third kappa shape index (κ3) is 4.97. The van der Waals surface area contributed by atoms with Crippen LogP contribution in [0.25, 0.3) is 0 Å². The van der Waals surface area contributed by atoms with Crippen LogP contribution in [0.2, 0.25) is 0 Å². The largest absolute Gasteiger partial charge is 0.490 e. The first-order valence-corrected chi connectivity index (χ1v) is 9.54. The number of primary amides is 1. The van der Waals surface area contributed by atoms with Crippen molar-refractivity contribution in [1.82, 2.24) is 9.80 Å². The number of carbonyl (C=O) groups excluding carboxylic acids is 2. The molecule has 2 aliphatic rings. The molecule has 3 rings (SSSR count). The summed E-state index contributed by atoms with van der Waals surface area (Å²) < 4.78 is 6.07. The van der Waals surface area contributed by atoms with Crippen LogP contribution in [0.15, 0.2) is 24.3 Å². The van der Waals surface area contributed by atoms with E-state index in [2.05, 4.69) is 13.0 Å². The topological polar surface area (TPSA) is 75.9 Å². The molecule has 2 amide bonds. The van der Waals surface area contributed by atoms with Crippen molar-refractivity contribution < 1.29 is 14.3 Å². The molecule has 2 aliphatic heterocycles. The van der Waals surface area contributed by atoms with E-state index in [0.717, 1.165) is 51.1 Å². The Balaban J connectivity index is 1.48. The highest BCUT2D eigenvalue weighted by Gasteiger charge is 2.32. The molecular weight excluding hydrogens is 330 g/mol. The van der Waals surface area contributed by atoms with Crippen LogP contribution in [0.4, 0.5) is 0 Å². The van der Waals surface area contributed by atoms with Crippen LogP contribution in [0.3, 0.4) is 0 Å². The molecule has 2 N–H and O–H groups in total. The van der Waals surface area contributed by atoms with E-state index in [1.54, 1.807) is 0 Å². The summed E-state index contributed by atoms with van der Waals surface area (Å²) in [6, 6.07) is 8.09. The number of hydrogen-bond donors (Lipinski definition) is 1.